The molecule has 3 heteroatoms. The Morgan fingerprint density at radius 3 is 2.68 bits per heavy atom. The summed E-state index contributed by atoms with van der Waals surface area (Å²) in [6.07, 6.45) is 10.1. The summed E-state index contributed by atoms with van der Waals surface area (Å²) in [6.45, 7) is 6.44. The molecule has 0 aromatic rings. The van der Waals surface area contributed by atoms with E-state index >= 15 is 0 Å². The first-order chi connectivity index (χ1) is 9.22. The molecule has 1 aliphatic heterocycles. The Kier molecular flexibility index (Phi) is 8.89. The van der Waals surface area contributed by atoms with E-state index in [4.69, 9.17) is 4.74 Å². The quantitative estimate of drug-likeness (QED) is 0.513. The van der Waals surface area contributed by atoms with Gasteiger partial charge < -0.3 is 10.1 Å². The lowest BCUT2D eigenvalue weighted by Crippen LogP contribution is -2.28. The summed E-state index contributed by atoms with van der Waals surface area (Å²) in [6, 6.07) is 0. The van der Waals surface area contributed by atoms with Crippen molar-refractivity contribution in [2.75, 3.05) is 13.1 Å². The van der Waals surface area contributed by atoms with Crippen LogP contribution in [0.4, 0.5) is 0 Å². The van der Waals surface area contributed by atoms with Crippen LogP contribution in [0.15, 0.2) is 0 Å². The van der Waals surface area contributed by atoms with E-state index in [0.717, 1.165) is 25.9 Å². The van der Waals surface area contributed by atoms with Gasteiger partial charge in [-0.2, -0.15) is 0 Å². The second-order valence-electron chi connectivity index (χ2n) is 5.88. The van der Waals surface area contributed by atoms with E-state index in [1.54, 1.807) is 0 Å². The van der Waals surface area contributed by atoms with Gasteiger partial charge in [0.1, 0.15) is 0 Å². The molecule has 0 amide bonds. The molecule has 1 N–H and O–H groups in total. The summed E-state index contributed by atoms with van der Waals surface area (Å²) in [7, 11) is 0. The van der Waals surface area contributed by atoms with Crippen LogP contribution in [0.3, 0.4) is 0 Å². The molecule has 19 heavy (non-hydrogen) atoms. The molecule has 0 bridgehead atoms. The van der Waals surface area contributed by atoms with Gasteiger partial charge in [0.15, 0.2) is 0 Å². The summed E-state index contributed by atoms with van der Waals surface area (Å²) in [4.78, 5) is 11.7. The Balaban J connectivity index is 2.02. The first kappa shape index (κ1) is 16.5. The Morgan fingerprint density at radius 2 is 2.00 bits per heavy atom. The molecule has 0 saturated carbocycles. The zero-order valence-electron chi connectivity index (χ0n) is 12.7. The van der Waals surface area contributed by atoms with Gasteiger partial charge in [-0.25, -0.2) is 0 Å². The van der Waals surface area contributed by atoms with Gasteiger partial charge in [0.2, 0.25) is 0 Å². The molecule has 1 unspecified atom stereocenters. The zero-order chi connectivity index (χ0) is 13.9. The standard InChI is InChI=1S/C16H31NO2/c1-3-4-5-6-7-14(2)19-16(18)9-8-15-10-12-17-13-11-15/h14-15,17H,3-13H2,1-2H3. The third-order valence-electron chi connectivity index (χ3n) is 4.01. The molecule has 0 aliphatic carbocycles. The van der Waals surface area contributed by atoms with Crippen molar-refractivity contribution in [2.45, 2.75) is 77.7 Å². The van der Waals surface area contributed by atoms with Gasteiger partial charge in [-0.15, -0.1) is 0 Å². The zero-order valence-corrected chi connectivity index (χ0v) is 12.7. The predicted molar refractivity (Wildman–Crippen MR) is 79.1 cm³/mol. The van der Waals surface area contributed by atoms with Crippen LogP contribution in [0.25, 0.3) is 0 Å². The number of rotatable bonds is 9. The van der Waals surface area contributed by atoms with Crippen molar-refractivity contribution in [3.05, 3.63) is 0 Å². The summed E-state index contributed by atoms with van der Waals surface area (Å²) >= 11 is 0. The van der Waals surface area contributed by atoms with E-state index in [1.165, 1.54) is 38.5 Å². The number of unbranched alkanes of at least 4 members (excludes halogenated alkanes) is 3. The highest BCUT2D eigenvalue weighted by molar-refractivity contribution is 5.69. The second kappa shape index (κ2) is 10.2. The number of carbonyl (C=O) groups excluding carboxylic acids is 1. The molecule has 1 saturated heterocycles. The van der Waals surface area contributed by atoms with Gasteiger partial charge in [0, 0.05) is 6.42 Å². The monoisotopic (exact) mass is 269 g/mol. The topological polar surface area (TPSA) is 38.3 Å². The van der Waals surface area contributed by atoms with Gasteiger partial charge in [-0.05, 0) is 58.0 Å². The normalized spacial score (nSPS) is 18.2. The molecule has 0 spiro atoms. The van der Waals surface area contributed by atoms with Crippen molar-refractivity contribution in [3.8, 4) is 0 Å². The molecule has 112 valence electrons. The number of ether oxygens (including phenoxy) is 1. The lowest BCUT2D eigenvalue weighted by Gasteiger charge is -2.22. The van der Waals surface area contributed by atoms with Gasteiger partial charge in [0.25, 0.3) is 0 Å². The van der Waals surface area contributed by atoms with Crippen LogP contribution in [-0.4, -0.2) is 25.2 Å². The Labute approximate surface area is 118 Å². The minimum atomic E-state index is 0.00141. The van der Waals surface area contributed by atoms with Crippen molar-refractivity contribution < 1.29 is 9.53 Å². The number of nitrogens with one attached hydrogen (secondary N) is 1. The molecule has 1 aliphatic rings. The SMILES string of the molecule is CCCCCCC(C)OC(=O)CCC1CCNCC1. The molecule has 3 nitrogen and oxygen atoms in total. The van der Waals surface area contributed by atoms with Crippen LogP contribution in [0.2, 0.25) is 0 Å². The van der Waals surface area contributed by atoms with Crippen molar-refractivity contribution in [1.82, 2.24) is 5.32 Å². The fourth-order valence-corrected chi connectivity index (χ4v) is 2.69. The van der Waals surface area contributed by atoms with Crippen molar-refractivity contribution in [2.24, 2.45) is 5.92 Å². The van der Waals surface area contributed by atoms with E-state index in [0.29, 0.717) is 12.3 Å². The molecule has 1 heterocycles. The summed E-state index contributed by atoms with van der Waals surface area (Å²) in [5.74, 6) is 0.718. The van der Waals surface area contributed by atoms with Gasteiger partial charge in [-0.3, -0.25) is 4.79 Å². The van der Waals surface area contributed by atoms with Crippen LogP contribution in [-0.2, 0) is 9.53 Å². The first-order valence-corrected chi connectivity index (χ1v) is 8.12. The number of carbonyl (C=O) groups is 1. The lowest BCUT2D eigenvalue weighted by molar-refractivity contribution is -0.148. The molecule has 1 atom stereocenters. The summed E-state index contributed by atoms with van der Waals surface area (Å²) < 4.78 is 5.47. The van der Waals surface area contributed by atoms with Crippen molar-refractivity contribution >= 4 is 5.97 Å². The Hall–Kier alpha value is -0.570. The lowest BCUT2D eigenvalue weighted by atomic mass is 9.93. The summed E-state index contributed by atoms with van der Waals surface area (Å²) in [5.41, 5.74) is 0. The molecular weight excluding hydrogens is 238 g/mol. The van der Waals surface area contributed by atoms with Crippen LogP contribution in [0, 0.1) is 5.92 Å². The highest BCUT2D eigenvalue weighted by Gasteiger charge is 2.16. The maximum Gasteiger partial charge on any atom is 0.306 e. The van der Waals surface area contributed by atoms with Gasteiger partial charge in [0.05, 0.1) is 6.10 Å². The number of esters is 1. The fourth-order valence-electron chi connectivity index (χ4n) is 2.69. The highest BCUT2D eigenvalue weighted by Crippen LogP contribution is 2.18. The largest absolute Gasteiger partial charge is 0.463 e. The van der Waals surface area contributed by atoms with E-state index < -0.39 is 0 Å². The van der Waals surface area contributed by atoms with E-state index in [-0.39, 0.29) is 12.1 Å². The smallest absolute Gasteiger partial charge is 0.306 e. The van der Waals surface area contributed by atoms with Crippen LogP contribution >= 0.6 is 0 Å². The van der Waals surface area contributed by atoms with E-state index in [1.807, 2.05) is 6.92 Å². The molecule has 0 aromatic carbocycles. The Morgan fingerprint density at radius 1 is 1.26 bits per heavy atom. The average molecular weight is 269 g/mol. The number of piperidine rings is 1. The number of hydrogen-bond donors (Lipinski definition) is 1. The Bertz CT molecular complexity index is 237. The second-order valence-corrected chi connectivity index (χ2v) is 5.88. The minimum absolute atomic E-state index is 0.00141. The average Bonchev–Trinajstić information content (AvgIpc) is 2.42. The third-order valence-corrected chi connectivity index (χ3v) is 4.01. The molecule has 0 aromatic heterocycles. The maximum atomic E-state index is 11.7. The fraction of sp³-hybridized carbons (Fsp3) is 0.938. The third kappa shape index (κ3) is 8.25. The van der Waals surface area contributed by atoms with E-state index in [2.05, 4.69) is 12.2 Å². The summed E-state index contributed by atoms with van der Waals surface area (Å²) in [5, 5.41) is 3.35. The first-order valence-electron chi connectivity index (χ1n) is 8.12. The molecular formula is C16H31NO2. The molecule has 1 rings (SSSR count). The molecule has 0 radical (unpaired) electrons. The van der Waals surface area contributed by atoms with Crippen molar-refractivity contribution in [1.29, 1.82) is 0 Å². The van der Waals surface area contributed by atoms with Crippen LogP contribution < -0.4 is 5.32 Å². The van der Waals surface area contributed by atoms with Gasteiger partial charge in [-0.1, -0.05) is 26.2 Å². The van der Waals surface area contributed by atoms with E-state index in [9.17, 15) is 4.79 Å². The van der Waals surface area contributed by atoms with Crippen molar-refractivity contribution in [3.63, 3.8) is 0 Å². The highest BCUT2D eigenvalue weighted by atomic mass is 16.5. The molecule has 1 fully saturated rings. The predicted octanol–water partition coefficient (Wildman–Crippen LogP) is 3.67. The van der Waals surface area contributed by atoms with Crippen LogP contribution in [0.1, 0.15) is 71.6 Å². The number of hydrogen-bond acceptors (Lipinski definition) is 3. The minimum Gasteiger partial charge on any atom is -0.463 e. The maximum absolute atomic E-state index is 11.7. The van der Waals surface area contributed by atoms with Crippen LogP contribution in [0.5, 0.6) is 0 Å². The van der Waals surface area contributed by atoms with Gasteiger partial charge >= 0.3 is 5.97 Å².